The number of hydrogen-bond donors (Lipinski definition) is 1. The van der Waals surface area contributed by atoms with Gasteiger partial charge in [0.25, 0.3) is 0 Å². The molecule has 3 rings (SSSR count). The van der Waals surface area contributed by atoms with Gasteiger partial charge in [0.1, 0.15) is 17.8 Å². The number of benzene rings is 1. The maximum absolute atomic E-state index is 5.75. The molecule has 0 aliphatic carbocycles. The monoisotopic (exact) mass is 214 g/mol. The largest absolute Gasteiger partial charge is 0.493 e. The number of aromatic nitrogens is 3. The third-order valence-corrected chi connectivity index (χ3v) is 2.61. The Morgan fingerprint density at radius 2 is 2.25 bits per heavy atom. The first-order chi connectivity index (χ1) is 7.84. The average molecular weight is 214 g/mol. The molecule has 1 aromatic carbocycles. The van der Waals surface area contributed by atoms with Crippen molar-refractivity contribution < 1.29 is 4.74 Å². The van der Waals surface area contributed by atoms with Crippen molar-refractivity contribution in [1.29, 1.82) is 0 Å². The van der Waals surface area contributed by atoms with E-state index in [1.807, 2.05) is 18.2 Å². The lowest BCUT2D eigenvalue weighted by molar-refractivity contribution is 0.357. The lowest BCUT2D eigenvalue weighted by atomic mass is 10.1. The molecule has 0 spiro atoms. The SMILES string of the molecule is Nc1ncnnc1-c1ccc2c(c1)CCO2. The number of fused-ring (bicyclic) bond motifs is 1. The van der Waals surface area contributed by atoms with E-state index in [4.69, 9.17) is 10.5 Å². The maximum Gasteiger partial charge on any atom is 0.153 e. The van der Waals surface area contributed by atoms with Gasteiger partial charge in [-0.05, 0) is 23.8 Å². The molecule has 0 fully saturated rings. The van der Waals surface area contributed by atoms with Gasteiger partial charge in [-0.3, -0.25) is 0 Å². The van der Waals surface area contributed by atoms with Crippen LogP contribution in [0.4, 0.5) is 5.82 Å². The minimum atomic E-state index is 0.397. The van der Waals surface area contributed by atoms with Gasteiger partial charge >= 0.3 is 0 Å². The van der Waals surface area contributed by atoms with Crippen molar-refractivity contribution in [3.63, 3.8) is 0 Å². The van der Waals surface area contributed by atoms with Gasteiger partial charge < -0.3 is 10.5 Å². The highest BCUT2D eigenvalue weighted by Gasteiger charge is 2.14. The quantitative estimate of drug-likeness (QED) is 0.768. The number of nitrogen functional groups attached to an aromatic ring is 1. The first-order valence-electron chi connectivity index (χ1n) is 5.04. The number of hydrogen-bond acceptors (Lipinski definition) is 5. The molecular formula is C11H10N4O. The van der Waals surface area contributed by atoms with E-state index in [-0.39, 0.29) is 0 Å². The van der Waals surface area contributed by atoms with Crippen molar-refractivity contribution in [2.24, 2.45) is 0 Å². The summed E-state index contributed by atoms with van der Waals surface area (Å²) in [4.78, 5) is 3.92. The molecule has 0 bridgehead atoms. The third kappa shape index (κ3) is 1.37. The van der Waals surface area contributed by atoms with E-state index in [2.05, 4.69) is 15.2 Å². The van der Waals surface area contributed by atoms with Crippen LogP contribution in [0.1, 0.15) is 5.56 Å². The van der Waals surface area contributed by atoms with Crippen molar-refractivity contribution in [2.75, 3.05) is 12.3 Å². The Morgan fingerprint density at radius 3 is 3.12 bits per heavy atom. The summed E-state index contributed by atoms with van der Waals surface area (Å²) in [6.07, 6.45) is 2.27. The molecular weight excluding hydrogens is 204 g/mol. The fourth-order valence-electron chi connectivity index (χ4n) is 1.82. The third-order valence-electron chi connectivity index (χ3n) is 2.61. The average Bonchev–Trinajstić information content (AvgIpc) is 2.76. The van der Waals surface area contributed by atoms with Gasteiger partial charge in [-0.2, -0.15) is 0 Å². The molecule has 0 saturated heterocycles. The van der Waals surface area contributed by atoms with Gasteiger partial charge in [0.05, 0.1) is 6.61 Å². The minimum Gasteiger partial charge on any atom is -0.493 e. The van der Waals surface area contributed by atoms with Crippen LogP contribution < -0.4 is 10.5 Å². The highest BCUT2D eigenvalue weighted by Crippen LogP contribution is 2.30. The zero-order chi connectivity index (χ0) is 11.0. The predicted molar refractivity (Wildman–Crippen MR) is 58.9 cm³/mol. The Balaban J connectivity index is 2.11. The topological polar surface area (TPSA) is 73.9 Å². The Bertz CT molecular complexity index is 541. The van der Waals surface area contributed by atoms with Gasteiger partial charge in [-0.25, -0.2) is 4.98 Å². The summed E-state index contributed by atoms with van der Waals surface area (Å²) in [5.74, 6) is 1.34. The van der Waals surface area contributed by atoms with Crippen LogP contribution in [0.5, 0.6) is 5.75 Å². The van der Waals surface area contributed by atoms with E-state index in [1.54, 1.807) is 0 Å². The van der Waals surface area contributed by atoms with E-state index in [1.165, 1.54) is 11.9 Å². The normalized spacial score (nSPS) is 13.2. The zero-order valence-electron chi connectivity index (χ0n) is 8.55. The molecule has 0 saturated carbocycles. The number of rotatable bonds is 1. The lowest BCUT2D eigenvalue weighted by Crippen LogP contribution is -1.98. The second-order valence-corrected chi connectivity index (χ2v) is 3.61. The van der Waals surface area contributed by atoms with Crippen molar-refractivity contribution in [3.05, 3.63) is 30.1 Å². The number of anilines is 1. The van der Waals surface area contributed by atoms with Crippen molar-refractivity contribution in [1.82, 2.24) is 15.2 Å². The molecule has 0 radical (unpaired) electrons. The molecule has 2 N–H and O–H groups in total. The molecule has 1 aliphatic heterocycles. The highest BCUT2D eigenvalue weighted by atomic mass is 16.5. The van der Waals surface area contributed by atoms with Crippen LogP contribution in [0.15, 0.2) is 24.5 Å². The number of nitrogens with two attached hydrogens (primary N) is 1. The van der Waals surface area contributed by atoms with Gasteiger partial charge in [-0.15, -0.1) is 10.2 Å². The van der Waals surface area contributed by atoms with Gasteiger partial charge in [0.15, 0.2) is 5.82 Å². The van der Waals surface area contributed by atoms with E-state index in [0.717, 1.165) is 24.3 Å². The predicted octanol–water partition coefficient (Wildman–Crippen LogP) is 1.06. The Hall–Kier alpha value is -2.17. The minimum absolute atomic E-state index is 0.397. The van der Waals surface area contributed by atoms with E-state index in [0.29, 0.717) is 11.5 Å². The Morgan fingerprint density at radius 1 is 1.31 bits per heavy atom. The second kappa shape index (κ2) is 3.44. The van der Waals surface area contributed by atoms with Crippen LogP contribution in [0.25, 0.3) is 11.3 Å². The van der Waals surface area contributed by atoms with Crippen LogP contribution in [-0.4, -0.2) is 21.8 Å². The molecule has 5 heteroatoms. The van der Waals surface area contributed by atoms with Crippen LogP contribution in [0.3, 0.4) is 0 Å². The Kier molecular flexibility index (Phi) is 1.96. The van der Waals surface area contributed by atoms with Gasteiger partial charge in [0.2, 0.25) is 0 Å². The first-order valence-corrected chi connectivity index (χ1v) is 5.04. The van der Waals surface area contributed by atoms with Crippen molar-refractivity contribution >= 4 is 5.82 Å². The van der Waals surface area contributed by atoms with E-state index < -0.39 is 0 Å². The van der Waals surface area contributed by atoms with Crippen LogP contribution >= 0.6 is 0 Å². The molecule has 5 nitrogen and oxygen atoms in total. The summed E-state index contributed by atoms with van der Waals surface area (Å²) in [6.45, 7) is 0.743. The number of nitrogens with zero attached hydrogens (tertiary/aromatic N) is 3. The fraction of sp³-hybridized carbons (Fsp3) is 0.182. The maximum atomic E-state index is 5.75. The molecule has 0 unspecified atom stereocenters. The summed E-state index contributed by atoms with van der Waals surface area (Å²) in [5.41, 5.74) is 8.49. The summed E-state index contributed by atoms with van der Waals surface area (Å²) in [7, 11) is 0. The highest BCUT2D eigenvalue weighted by molar-refractivity contribution is 5.70. The zero-order valence-corrected chi connectivity index (χ0v) is 8.55. The molecule has 1 aliphatic rings. The number of ether oxygens (including phenoxy) is 1. The summed E-state index contributed by atoms with van der Waals surface area (Å²) >= 11 is 0. The van der Waals surface area contributed by atoms with Crippen LogP contribution in [0.2, 0.25) is 0 Å². The molecule has 0 amide bonds. The smallest absolute Gasteiger partial charge is 0.153 e. The van der Waals surface area contributed by atoms with Gasteiger partial charge in [0, 0.05) is 12.0 Å². The van der Waals surface area contributed by atoms with E-state index in [9.17, 15) is 0 Å². The molecule has 2 heterocycles. The molecule has 2 aromatic rings. The first kappa shape index (κ1) is 9.08. The van der Waals surface area contributed by atoms with Crippen molar-refractivity contribution in [2.45, 2.75) is 6.42 Å². The molecule has 1 aromatic heterocycles. The molecule has 0 atom stereocenters. The lowest BCUT2D eigenvalue weighted by Gasteiger charge is -2.04. The summed E-state index contributed by atoms with van der Waals surface area (Å²) in [5, 5.41) is 7.74. The Labute approximate surface area is 92.3 Å². The summed E-state index contributed by atoms with van der Waals surface area (Å²) < 4.78 is 5.44. The fourth-order valence-corrected chi connectivity index (χ4v) is 1.82. The second-order valence-electron chi connectivity index (χ2n) is 3.61. The summed E-state index contributed by atoms with van der Waals surface area (Å²) in [6, 6.07) is 5.89. The molecule has 80 valence electrons. The van der Waals surface area contributed by atoms with Crippen LogP contribution in [0, 0.1) is 0 Å². The van der Waals surface area contributed by atoms with Gasteiger partial charge in [-0.1, -0.05) is 0 Å². The van der Waals surface area contributed by atoms with E-state index >= 15 is 0 Å². The standard InChI is InChI=1S/C11H10N4O/c12-11-10(15-14-6-13-11)8-1-2-9-7(5-8)3-4-16-9/h1-2,5-6H,3-4H2,(H2,12,13,14). The van der Waals surface area contributed by atoms with Crippen molar-refractivity contribution in [3.8, 4) is 17.0 Å². The van der Waals surface area contributed by atoms with Crippen LogP contribution in [-0.2, 0) is 6.42 Å². The molecule has 16 heavy (non-hydrogen) atoms.